The first-order chi connectivity index (χ1) is 11.6. The minimum atomic E-state index is -0.571. The second kappa shape index (κ2) is 7.18. The van der Waals surface area contributed by atoms with E-state index in [4.69, 9.17) is 0 Å². The van der Waals surface area contributed by atoms with Crippen molar-refractivity contribution in [2.24, 2.45) is 0 Å². The van der Waals surface area contributed by atoms with E-state index in [1.165, 1.54) is 16.9 Å². The van der Waals surface area contributed by atoms with Gasteiger partial charge >= 0.3 is 5.82 Å². The topological polar surface area (TPSA) is 97.4 Å². The monoisotopic (exact) mass is 330 g/mol. The van der Waals surface area contributed by atoms with Crippen LogP contribution in [0.3, 0.4) is 0 Å². The van der Waals surface area contributed by atoms with Crippen molar-refractivity contribution < 1.29 is 9.72 Å². The predicted molar refractivity (Wildman–Crippen MR) is 85.0 cm³/mol. The summed E-state index contributed by atoms with van der Waals surface area (Å²) < 4.78 is 1.31. The molecule has 0 saturated carbocycles. The van der Waals surface area contributed by atoms with Crippen LogP contribution in [-0.2, 0) is 17.9 Å². The van der Waals surface area contributed by atoms with E-state index in [0.29, 0.717) is 13.1 Å². The standard InChI is InChI=1S/C15H18N6O3/c22-15(12-20-5-3-14(17-20)21(23)24)19-8-6-18(7-9-19)11-13-2-1-4-16-10-13/h1-5,10H,6-9,11-12H2. The number of pyridine rings is 1. The van der Waals surface area contributed by atoms with Gasteiger partial charge in [0.15, 0.2) is 0 Å². The number of rotatable bonds is 5. The summed E-state index contributed by atoms with van der Waals surface area (Å²) in [6, 6.07) is 5.24. The molecule has 3 heterocycles. The van der Waals surface area contributed by atoms with Crippen molar-refractivity contribution in [3.8, 4) is 0 Å². The highest BCUT2D eigenvalue weighted by Gasteiger charge is 2.23. The number of piperazine rings is 1. The molecule has 3 rings (SSSR count). The third-order valence-corrected chi connectivity index (χ3v) is 3.96. The van der Waals surface area contributed by atoms with Gasteiger partial charge < -0.3 is 15.0 Å². The van der Waals surface area contributed by atoms with E-state index in [1.807, 2.05) is 18.3 Å². The summed E-state index contributed by atoms with van der Waals surface area (Å²) in [6.45, 7) is 3.71. The zero-order valence-corrected chi connectivity index (χ0v) is 13.1. The summed E-state index contributed by atoms with van der Waals surface area (Å²) in [7, 11) is 0. The molecule has 0 spiro atoms. The molecule has 0 aliphatic carbocycles. The fourth-order valence-corrected chi connectivity index (χ4v) is 2.68. The molecule has 126 valence electrons. The van der Waals surface area contributed by atoms with Crippen LogP contribution in [0, 0.1) is 10.1 Å². The summed E-state index contributed by atoms with van der Waals surface area (Å²) in [6.07, 6.45) is 5.05. The first kappa shape index (κ1) is 16.1. The summed E-state index contributed by atoms with van der Waals surface area (Å²) in [5.41, 5.74) is 1.15. The lowest BCUT2D eigenvalue weighted by Gasteiger charge is -2.34. The van der Waals surface area contributed by atoms with E-state index >= 15 is 0 Å². The van der Waals surface area contributed by atoms with E-state index in [9.17, 15) is 14.9 Å². The Balaban J connectivity index is 1.48. The van der Waals surface area contributed by atoms with Gasteiger partial charge in [0.1, 0.15) is 6.54 Å². The maximum Gasteiger partial charge on any atom is 0.389 e. The smallest absolute Gasteiger partial charge is 0.358 e. The van der Waals surface area contributed by atoms with Crippen molar-refractivity contribution in [2.45, 2.75) is 13.1 Å². The number of nitrogens with zero attached hydrogens (tertiary/aromatic N) is 6. The van der Waals surface area contributed by atoms with Crippen molar-refractivity contribution in [1.29, 1.82) is 0 Å². The lowest BCUT2D eigenvalue weighted by Crippen LogP contribution is -2.49. The van der Waals surface area contributed by atoms with Gasteiger partial charge in [0.25, 0.3) is 0 Å². The fraction of sp³-hybridized carbons (Fsp3) is 0.400. The van der Waals surface area contributed by atoms with Crippen LogP contribution in [-0.4, -0.2) is 61.6 Å². The molecular weight excluding hydrogens is 312 g/mol. The lowest BCUT2D eigenvalue weighted by atomic mass is 10.2. The lowest BCUT2D eigenvalue weighted by molar-refractivity contribution is -0.389. The number of hydrogen-bond donors (Lipinski definition) is 0. The van der Waals surface area contributed by atoms with Gasteiger partial charge in [0.2, 0.25) is 5.91 Å². The summed E-state index contributed by atoms with van der Waals surface area (Å²) >= 11 is 0. The van der Waals surface area contributed by atoms with Crippen molar-refractivity contribution in [2.75, 3.05) is 26.2 Å². The van der Waals surface area contributed by atoms with Gasteiger partial charge in [-0.3, -0.25) is 14.7 Å². The number of hydrogen-bond acceptors (Lipinski definition) is 6. The van der Waals surface area contributed by atoms with Crippen LogP contribution in [0.15, 0.2) is 36.8 Å². The van der Waals surface area contributed by atoms with Crippen LogP contribution >= 0.6 is 0 Å². The van der Waals surface area contributed by atoms with Crippen molar-refractivity contribution in [3.05, 3.63) is 52.5 Å². The average Bonchev–Trinajstić information content (AvgIpc) is 3.05. The SMILES string of the molecule is O=C(Cn1ccc([N+](=O)[O-])n1)N1CCN(Cc2cccnc2)CC1. The third-order valence-electron chi connectivity index (χ3n) is 3.96. The molecule has 0 atom stereocenters. The third kappa shape index (κ3) is 3.93. The molecule has 9 nitrogen and oxygen atoms in total. The van der Waals surface area contributed by atoms with E-state index in [0.717, 1.165) is 25.2 Å². The van der Waals surface area contributed by atoms with Crippen LogP contribution in [0.5, 0.6) is 0 Å². The van der Waals surface area contributed by atoms with Gasteiger partial charge in [-0.2, -0.15) is 4.68 Å². The normalized spacial score (nSPS) is 15.4. The van der Waals surface area contributed by atoms with Gasteiger partial charge in [0.05, 0.1) is 17.4 Å². The molecule has 24 heavy (non-hydrogen) atoms. The first-order valence-electron chi connectivity index (χ1n) is 7.69. The van der Waals surface area contributed by atoms with Crippen LogP contribution in [0.2, 0.25) is 0 Å². The van der Waals surface area contributed by atoms with E-state index in [2.05, 4.69) is 15.0 Å². The molecule has 9 heteroatoms. The number of carbonyl (C=O) groups excluding carboxylic acids is 1. The highest BCUT2D eigenvalue weighted by molar-refractivity contribution is 5.76. The molecule has 1 aliphatic rings. The van der Waals surface area contributed by atoms with Gasteiger partial charge in [-0.1, -0.05) is 6.07 Å². The molecule has 0 unspecified atom stereocenters. The van der Waals surface area contributed by atoms with Crippen molar-refractivity contribution in [1.82, 2.24) is 24.6 Å². The average molecular weight is 330 g/mol. The van der Waals surface area contributed by atoms with Crippen LogP contribution < -0.4 is 0 Å². The summed E-state index contributed by atoms with van der Waals surface area (Å²) in [4.78, 5) is 30.5. The highest BCUT2D eigenvalue weighted by Crippen LogP contribution is 2.09. The Labute approximate surface area is 138 Å². The Morgan fingerprint density at radius 3 is 2.67 bits per heavy atom. The zero-order chi connectivity index (χ0) is 16.9. The molecule has 1 fully saturated rings. The Kier molecular flexibility index (Phi) is 4.80. The Hall–Kier alpha value is -2.81. The van der Waals surface area contributed by atoms with Crippen LogP contribution in [0.4, 0.5) is 5.82 Å². The van der Waals surface area contributed by atoms with Crippen molar-refractivity contribution in [3.63, 3.8) is 0 Å². The van der Waals surface area contributed by atoms with Crippen LogP contribution in [0.1, 0.15) is 5.56 Å². The maximum atomic E-state index is 12.3. The largest absolute Gasteiger partial charge is 0.389 e. The van der Waals surface area contributed by atoms with E-state index in [-0.39, 0.29) is 18.3 Å². The summed E-state index contributed by atoms with van der Waals surface area (Å²) in [5.74, 6) is -0.321. The second-order valence-corrected chi connectivity index (χ2v) is 5.65. The van der Waals surface area contributed by atoms with Crippen molar-refractivity contribution >= 4 is 11.7 Å². The number of nitro groups is 1. The molecule has 1 amide bonds. The molecule has 0 bridgehead atoms. The maximum absolute atomic E-state index is 12.3. The second-order valence-electron chi connectivity index (χ2n) is 5.65. The molecular formula is C15H18N6O3. The molecule has 1 aliphatic heterocycles. The quantitative estimate of drug-likeness (QED) is 0.586. The Morgan fingerprint density at radius 2 is 2.04 bits per heavy atom. The minimum absolute atomic E-state index is 0.0243. The minimum Gasteiger partial charge on any atom is -0.358 e. The highest BCUT2D eigenvalue weighted by atomic mass is 16.6. The van der Waals surface area contributed by atoms with Gasteiger partial charge in [-0.05, 0) is 16.6 Å². The molecule has 1 saturated heterocycles. The zero-order valence-electron chi connectivity index (χ0n) is 13.1. The Morgan fingerprint density at radius 1 is 1.25 bits per heavy atom. The first-order valence-corrected chi connectivity index (χ1v) is 7.69. The van der Waals surface area contributed by atoms with Crippen LogP contribution in [0.25, 0.3) is 0 Å². The van der Waals surface area contributed by atoms with Gasteiger partial charge in [0, 0.05) is 45.1 Å². The number of amides is 1. The van der Waals surface area contributed by atoms with Gasteiger partial charge in [-0.25, -0.2) is 0 Å². The number of carbonyl (C=O) groups is 1. The Bertz CT molecular complexity index is 709. The molecule has 2 aromatic rings. The van der Waals surface area contributed by atoms with Gasteiger partial charge in [-0.15, -0.1) is 0 Å². The molecule has 0 aromatic carbocycles. The molecule has 0 radical (unpaired) electrons. The fourth-order valence-electron chi connectivity index (χ4n) is 2.68. The van der Waals surface area contributed by atoms with E-state index in [1.54, 1.807) is 11.1 Å². The molecule has 0 N–H and O–H groups in total. The molecule has 2 aromatic heterocycles. The number of aromatic nitrogens is 3. The predicted octanol–water partition coefficient (Wildman–Crippen LogP) is 0.531. The van der Waals surface area contributed by atoms with E-state index < -0.39 is 4.92 Å². The summed E-state index contributed by atoms with van der Waals surface area (Å²) in [5, 5.41) is 14.4.